The average Bonchev–Trinajstić information content (AvgIpc) is 3.15. The summed E-state index contributed by atoms with van der Waals surface area (Å²) in [5.74, 6) is 0.427. The number of benzene rings is 2. The minimum absolute atomic E-state index is 0.129. The van der Waals surface area contributed by atoms with Crippen molar-refractivity contribution in [1.82, 2.24) is 20.1 Å². The van der Waals surface area contributed by atoms with E-state index < -0.39 is 0 Å². The number of carbonyl (C=O) groups excluding carboxylic acids is 2. The van der Waals surface area contributed by atoms with Crippen molar-refractivity contribution in [2.45, 2.75) is 32.1 Å². The second kappa shape index (κ2) is 11.1. The molecule has 0 aliphatic heterocycles. The molecular formula is C23H24BrN5O2S. The molecule has 0 atom stereocenters. The molecule has 32 heavy (non-hydrogen) atoms. The Hall–Kier alpha value is -2.91. The van der Waals surface area contributed by atoms with Crippen molar-refractivity contribution in [3.05, 3.63) is 82.1 Å². The van der Waals surface area contributed by atoms with Crippen LogP contribution in [0.15, 0.2) is 64.7 Å². The highest BCUT2D eigenvalue weighted by Gasteiger charge is 2.16. The number of carbonyl (C=O) groups is 2. The van der Waals surface area contributed by atoms with Crippen LogP contribution in [0.25, 0.3) is 0 Å². The number of anilines is 1. The number of halogens is 1. The summed E-state index contributed by atoms with van der Waals surface area (Å²) >= 11 is 4.67. The lowest BCUT2D eigenvalue weighted by Crippen LogP contribution is -2.25. The molecule has 0 bridgehead atoms. The first kappa shape index (κ1) is 23.7. The first-order chi connectivity index (χ1) is 15.4. The first-order valence-electron chi connectivity index (χ1n) is 9.94. The number of thioether (sulfide) groups is 1. The van der Waals surface area contributed by atoms with Gasteiger partial charge in [0.15, 0.2) is 11.0 Å². The van der Waals surface area contributed by atoms with Crippen LogP contribution in [0, 0.1) is 13.8 Å². The van der Waals surface area contributed by atoms with Crippen LogP contribution in [-0.2, 0) is 17.9 Å². The Kier molecular flexibility index (Phi) is 8.24. The van der Waals surface area contributed by atoms with Crippen molar-refractivity contribution in [2.75, 3.05) is 11.1 Å². The molecule has 2 amide bonds. The van der Waals surface area contributed by atoms with Gasteiger partial charge in [-0.05, 0) is 65.2 Å². The molecule has 0 aliphatic carbocycles. The third-order valence-corrected chi connectivity index (χ3v) is 6.41. The summed E-state index contributed by atoms with van der Waals surface area (Å²) in [4.78, 5) is 24.9. The predicted molar refractivity (Wildman–Crippen MR) is 131 cm³/mol. The van der Waals surface area contributed by atoms with E-state index in [2.05, 4.69) is 43.3 Å². The van der Waals surface area contributed by atoms with Crippen LogP contribution in [-0.4, -0.2) is 32.3 Å². The summed E-state index contributed by atoms with van der Waals surface area (Å²) in [5.41, 5.74) is 3.60. The highest BCUT2D eigenvalue weighted by molar-refractivity contribution is 9.10. The van der Waals surface area contributed by atoms with Crippen molar-refractivity contribution in [3.63, 3.8) is 0 Å². The molecule has 0 fully saturated rings. The second-order valence-corrected chi connectivity index (χ2v) is 8.89. The van der Waals surface area contributed by atoms with E-state index >= 15 is 0 Å². The van der Waals surface area contributed by atoms with E-state index in [4.69, 9.17) is 0 Å². The third kappa shape index (κ3) is 6.08. The molecule has 3 rings (SSSR count). The Bertz CT molecular complexity index is 1150. The number of nitrogens with one attached hydrogen (secondary N) is 2. The Morgan fingerprint density at radius 2 is 1.94 bits per heavy atom. The normalized spacial score (nSPS) is 10.6. The molecule has 0 saturated heterocycles. The number of allylic oxidation sites excluding steroid dienone is 1. The van der Waals surface area contributed by atoms with Crippen molar-refractivity contribution in [2.24, 2.45) is 0 Å². The van der Waals surface area contributed by atoms with E-state index in [0.717, 1.165) is 15.7 Å². The molecular weight excluding hydrogens is 490 g/mol. The number of hydrogen-bond donors (Lipinski definition) is 2. The molecule has 2 aromatic carbocycles. The van der Waals surface area contributed by atoms with E-state index in [1.54, 1.807) is 18.2 Å². The summed E-state index contributed by atoms with van der Waals surface area (Å²) in [6, 6.07) is 13.0. The Labute approximate surface area is 199 Å². The van der Waals surface area contributed by atoms with Gasteiger partial charge in [0.2, 0.25) is 5.91 Å². The fourth-order valence-corrected chi connectivity index (χ4v) is 4.15. The molecule has 7 nitrogen and oxygen atoms in total. The summed E-state index contributed by atoms with van der Waals surface area (Å²) in [7, 11) is 0. The Morgan fingerprint density at radius 1 is 1.16 bits per heavy atom. The van der Waals surface area contributed by atoms with E-state index in [1.807, 2.05) is 48.7 Å². The maximum absolute atomic E-state index is 12.5. The molecule has 0 saturated carbocycles. The van der Waals surface area contributed by atoms with Crippen molar-refractivity contribution < 1.29 is 9.59 Å². The van der Waals surface area contributed by atoms with E-state index in [-0.39, 0.29) is 24.1 Å². The molecule has 3 aromatic rings. The van der Waals surface area contributed by atoms with Gasteiger partial charge in [-0.1, -0.05) is 36.0 Å². The first-order valence-corrected chi connectivity index (χ1v) is 11.7. The lowest BCUT2D eigenvalue weighted by atomic mass is 10.1. The number of hydrogen-bond acceptors (Lipinski definition) is 5. The van der Waals surface area contributed by atoms with Gasteiger partial charge in [-0.25, -0.2) is 0 Å². The Morgan fingerprint density at radius 3 is 2.66 bits per heavy atom. The van der Waals surface area contributed by atoms with Crippen LogP contribution < -0.4 is 10.6 Å². The van der Waals surface area contributed by atoms with Crippen LogP contribution >= 0.6 is 27.7 Å². The molecule has 9 heteroatoms. The monoisotopic (exact) mass is 513 g/mol. The summed E-state index contributed by atoms with van der Waals surface area (Å²) in [6.07, 6.45) is 1.72. The van der Waals surface area contributed by atoms with Crippen molar-refractivity contribution >= 4 is 45.2 Å². The maximum atomic E-state index is 12.5. The van der Waals surface area contributed by atoms with Crippen molar-refractivity contribution in [3.8, 4) is 0 Å². The molecule has 0 spiro atoms. The van der Waals surface area contributed by atoms with Gasteiger partial charge >= 0.3 is 0 Å². The highest BCUT2D eigenvalue weighted by Crippen LogP contribution is 2.20. The van der Waals surface area contributed by atoms with E-state index in [0.29, 0.717) is 23.1 Å². The molecule has 1 heterocycles. The zero-order valence-corrected chi connectivity index (χ0v) is 20.3. The number of nitrogens with zero attached hydrogens (tertiary/aromatic N) is 3. The zero-order valence-electron chi connectivity index (χ0n) is 17.9. The van der Waals surface area contributed by atoms with Crippen LogP contribution in [0.1, 0.15) is 27.3 Å². The van der Waals surface area contributed by atoms with E-state index in [9.17, 15) is 9.59 Å². The van der Waals surface area contributed by atoms with Gasteiger partial charge in [-0.15, -0.1) is 16.8 Å². The van der Waals surface area contributed by atoms with Gasteiger partial charge in [0.05, 0.1) is 17.9 Å². The maximum Gasteiger partial charge on any atom is 0.252 e. The van der Waals surface area contributed by atoms with Crippen LogP contribution in [0.4, 0.5) is 5.69 Å². The second-order valence-electron chi connectivity index (χ2n) is 7.10. The molecule has 1 aromatic heterocycles. The van der Waals surface area contributed by atoms with E-state index in [1.165, 1.54) is 17.3 Å². The fraction of sp³-hybridized carbons (Fsp3) is 0.217. The molecule has 166 valence electrons. The van der Waals surface area contributed by atoms with Crippen molar-refractivity contribution in [1.29, 1.82) is 0 Å². The topological polar surface area (TPSA) is 88.9 Å². The molecule has 0 radical (unpaired) electrons. The van der Waals surface area contributed by atoms with Gasteiger partial charge in [0.1, 0.15) is 0 Å². The quantitative estimate of drug-likeness (QED) is 0.324. The van der Waals surface area contributed by atoms with Crippen LogP contribution in [0.2, 0.25) is 0 Å². The van der Waals surface area contributed by atoms with Gasteiger partial charge < -0.3 is 15.2 Å². The standard InChI is InChI=1S/C23H24BrN5O2S/c1-4-11-29-20(13-25-22(31)18-7-5-6-8-19(18)24)27-28-23(29)32-14-21(30)26-17-10-9-15(2)16(3)12-17/h4-10,12H,1,11,13-14H2,2-3H3,(H,25,31)(H,26,30). The fourth-order valence-electron chi connectivity index (χ4n) is 2.92. The zero-order chi connectivity index (χ0) is 23.1. The average molecular weight is 514 g/mol. The minimum atomic E-state index is -0.215. The largest absolute Gasteiger partial charge is 0.345 e. The number of rotatable bonds is 9. The molecule has 2 N–H and O–H groups in total. The van der Waals surface area contributed by atoms with Crippen LogP contribution in [0.3, 0.4) is 0 Å². The lowest BCUT2D eigenvalue weighted by Gasteiger charge is -2.10. The summed E-state index contributed by atoms with van der Waals surface area (Å²) < 4.78 is 2.55. The number of aromatic nitrogens is 3. The van der Waals surface area contributed by atoms with Crippen LogP contribution in [0.5, 0.6) is 0 Å². The summed E-state index contributed by atoms with van der Waals surface area (Å²) in [5, 5.41) is 14.7. The highest BCUT2D eigenvalue weighted by atomic mass is 79.9. The van der Waals surface area contributed by atoms with Gasteiger partial charge in [-0.2, -0.15) is 0 Å². The predicted octanol–water partition coefficient (Wildman–Crippen LogP) is 4.50. The SMILES string of the molecule is C=CCn1c(CNC(=O)c2ccccc2Br)nnc1SCC(=O)Nc1ccc(C)c(C)c1. The van der Waals surface area contributed by atoms with Gasteiger partial charge in [0.25, 0.3) is 5.91 Å². The minimum Gasteiger partial charge on any atom is -0.345 e. The third-order valence-electron chi connectivity index (χ3n) is 4.75. The molecule has 0 unspecified atom stereocenters. The number of aryl methyl sites for hydroxylation is 2. The van der Waals surface area contributed by atoms with Gasteiger partial charge in [-0.3, -0.25) is 9.59 Å². The Balaban J connectivity index is 1.61. The lowest BCUT2D eigenvalue weighted by molar-refractivity contribution is -0.113. The number of amides is 2. The van der Waals surface area contributed by atoms with Gasteiger partial charge in [0, 0.05) is 16.7 Å². The smallest absolute Gasteiger partial charge is 0.252 e. The molecule has 0 aliphatic rings. The summed E-state index contributed by atoms with van der Waals surface area (Å²) in [6.45, 7) is 8.49.